The van der Waals surface area contributed by atoms with Crippen LogP contribution < -0.4 is 15.4 Å². The molecule has 1 aromatic rings. The summed E-state index contributed by atoms with van der Waals surface area (Å²) in [5, 5.41) is 5.70. The summed E-state index contributed by atoms with van der Waals surface area (Å²) in [6.07, 6.45) is 1.68. The van der Waals surface area contributed by atoms with E-state index in [-0.39, 0.29) is 12.1 Å². The second-order valence-electron chi connectivity index (χ2n) is 4.76. The fraction of sp³-hybridized carbons (Fsp3) is 0.571. The van der Waals surface area contributed by atoms with Gasteiger partial charge < -0.3 is 15.4 Å². The van der Waals surface area contributed by atoms with Crippen LogP contribution in [-0.2, 0) is 6.54 Å². The SMILES string of the molecule is CCOc1ncccc1CNC(=O)NC(C)C(C)C. The van der Waals surface area contributed by atoms with Crippen LogP contribution in [0.5, 0.6) is 5.88 Å². The minimum atomic E-state index is -0.174. The zero-order chi connectivity index (χ0) is 14.3. The number of amides is 2. The average Bonchev–Trinajstić information content (AvgIpc) is 2.38. The fourth-order valence-electron chi connectivity index (χ4n) is 1.43. The van der Waals surface area contributed by atoms with Gasteiger partial charge in [0, 0.05) is 24.3 Å². The van der Waals surface area contributed by atoms with E-state index in [2.05, 4.69) is 29.5 Å². The van der Waals surface area contributed by atoms with Crippen molar-refractivity contribution in [3.05, 3.63) is 23.9 Å². The maximum absolute atomic E-state index is 11.7. The van der Waals surface area contributed by atoms with Gasteiger partial charge in [-0.3, -0.25) is 0 Å². The van der Waals surface area contributed by atoms with Crippen LogP contribution in [-0.4, -0.2) is 23.7 Å². The molecule has 0 aliphatic rings. The molecule has 2 N–H and O–H groups in total. The van der Waals surface area contributed by atoms with Crippen LogP contribution >= 0.6 is 0 Å². The van der Waals surface area contributed by atoms with Crippen molar-refractivity contribution in [2.24, 2.45) is 5.92 Å². The van der Waals surface area contributed by atoms with E-state index in [9.17, 15) is 4.79 Å². The molecule has 1 aromatic heterocycles. The van der Waals surface area contributed by atoms with E-state index in [4.69, 9.17) is 4.74 Å². The highest BCUT2D eigenvalue weighted by Crippen LogP contribution is 2.13. The molecule has 1 atom stereocenters. The summed E-state index contributed by atoms with van der Waals surface area (Å²) in [6.45, 7) is 8.99. The zero-order valence-corrected chi connectivity index (χ0v) is 12.1. The first-order chi connectivity index (χ1) is 9.04. The smallest absolute Gasteiger partial charge is 0.315 e. The van der Waals surface area contributed by atoms with Gasteiger partial charge in [0.05, 0.1) is 6.61 Å². The van der Waals surface area contributed by atoms with Crippen molar-refractivity contribution in [1.29, 1.82) is 0 Å². The lowest BCUT2D eigenvalue weighted by atomic mass is 10.1. The first-order valence-electron chi connectivity index (χ1n) is 6.65. The Morgan fingerprint density at radius 2 is 2.16 bits per heavy atom. The first-order valence-corrected chi connectivity index (χ1v) is 6.65. The number of urea groups is 1. The van der Waals surface area contributed by atoms with Crippen LogP contribution in [0.1, 0.15) is 33.3 Å². The number of ether oxygens (including phenoxy) is 1. The van der Waals surface area contributed by atoms with Crippen LogP contribution in [0.15, 0.2) is 18.3 Å². The van der Waals surface area contributed by atoms with Crippen molar-refractivity contribution in [3.63, 3.8) is 0 Å². The van der Waals surface area contributed by atoms with Crippen LogP contribution in [0.3, 0.4) is 0 Å². The molecule has 19 heavy (non-hydrogen) atoms. The van der Waals surface area contributed by atoms with Gasteiger partial charge in [0.1, 0.15) is 0 Å². The number of hydrogen-bond acceptors (Lipinski definition) is 3. The summed E-state index contributed by atoms with van der Waals surface area (Å²) >= 11 is 0. The van der Waals surface area contributed by atoms with Crippen molar-refractivity contribution < 1.29 is 9.53 Å². The van der Waals surface area contributed by atoms with Gasteiger partial charge in [-0.2, -0.15) is 0 Å². The van der Waals surface area contributed by atoms with Crippen LogP contribution in [0, 0.1) is 5.92 Å². The predicted octanol–water partition coefficient (Wildman–Crippen LogP) is 2.32. The number of nitrogens with zero attached hydrogens (tertiary/aromatic N) is 1. The average molecular weight is 265 g/mol. The fourth-order valence-corrected chi connectivity index (χ4v) is 1.43. The topological polar surface area (TPSA) is 63.2 Å². The predicted molar refractivity (Wildman–Crippen MR) is 75.1 cm³/mol. The highest BCUT2D eigenvalue weighted by molar-refractivity contribution is 5.74. The maximum atomic E-state index is 11.7. The molecule has 0 radical (unpaired) electrons. The van der Waals surface area contributed by atoms with Crippen LogP contribution in [0.2, 0.25) is 0 Å². The maximum Gasteiger partial charge on any atom is 0.315 e. The number of nitrogens with one attached hydrogen (secondary N) is 2. The van der Waals surface area contributed by atoms with Crippen molar-refractivity contribution in [1.82, 2.24) is 15.6 Å². The van der Waals surface area contributed by atoms with Crippen molar-refractivity contribution in [2.75, 3.05) is 6.61 Å². The van der Waals surface area contributed by atoms with Crippen molar-refractivity contribution in [2.45, 2.75) is 40.3 Å². The molecular weight excluding hydrogens is 242 g/mol. The summed E-state index contributed by atoms with van der Waals surface area (Å²) in [5.41, 5.74) is 0.872. The third-order valence-corrected chi connectivity index (χ3v) is 2.93. The Labute approximate surface area is 114 Å². The second-order valence-corrected chi connectivity index (χ2v) is 4.76. The number of hydrogen-bond donors (Lipinski definition) is 2. The summed E-state index contributed by atoms with van der Waals surface area (Å²) < 4.78 is 5.41. The van der Waals surface area contributed by atoms with Gasteiger partial charge in [-0.1, -0.05) is 19.9 Å². The quantitative estimate of drug-likeness (QED) is 0.829. The van der Waals surface area contributed by atoms with E-state index < -0.39 is 0 Å². The molecular formula is C14H23N3O2. The molecule has 0 saturated heterocycles. The van der Waals surface area contributed by atoms with Gasteiger partial charge in [-0.15, -0.1) is 0 Å². The van der Waals surface area contributed by atoms with E-state index in [1.165, 1.54) is 0 Å². The molecule has 0 aliphatic carbocycles. The Balaban J connectivity index is 2.50. The Hall–Kier alpha value is -1.78. The molecule has 5 nitrogen and oxygen atoms in total. The van der Waals surface area contributed by atoms with Gasteiger partial charge in [0.25, 0.3) is 0 Å². The third-order valence-electron chi connectivity index (χ3n) is 2.93. The molecule has 106 valence electrons. The molecule has 5 heteroatoms. The standard InChI is InChI=1S/C14H23N3O2/c1-5-19-13-12(7-6-8-15-13)9-16-14(18)17-11(4)10(2)3/h6-8,10-11H,5,9H2,1-4H3,(H2,16,17,18). The van der Waals surface area contributed by atoms with Crippen molar-refractivity contribution in [3.8, 4) is 5.88 Å². The summed E-state index contributed by atoms with van der Waals surface area (Å²) in [7, 11) is 0. The molecule has 0 aliphatic heterocycles. The molecule has 2 amide bonds. The van der Waals surface area contributed by atoms with Gasteiger partial charge in [-0.05, 0) is 25.8 Å². The Bertz CT molecular complexity index is 407. The second kappa shape index (κ2) is 7.61. The zero-order valence-electron chi connectivity index (χ0n) is 12.1. The highest BCUT2D eigenvalue weighted by Gasteiger charge is 2.11. The Kier molecular flexibility index (Phi) is 6.12. The molecule has 0 aromatic carbocycles. The van der Waals surface area contributed by atoms with E-state index in [1.807, 2.05) is 26.0 Å². The molecule has 1 heterocycles. The Morgan fingerprint density at radius 3 is 2.79 bits per heavy atom. The monoisotopic (exact) mass is 265 g/mol. The summed E-state index contributed by atoms with van der Waals surface area (Å²) in [4.78, 5) is 15.9. The minimum Gasteiger partial charge on any atom is -0.478 e. The Morgan fingerprint density at radius 1 is 1.42 bits per heavy atom. The van der Waals surface area contributed by atoms with E-state index in [0.717, 1.165) is 5.56 Å². The lowest BCUT2D eigenvalue weighted by molar-refractivity contribution is 0.233. The molecule has 0 spiro atoms. The molecule has 0 bridgehead atoms. The lowest BCUT2D eigenvalue weighted by Crippen LogP contribution is -2.42. The largest absolute Gasteiger partial charge is 0.478 e. The molecule has 1 rings (SSSR count). The molecule has 0 fully saturated rings. The van der Waals surface area contributed by atoms with Gasteiger partial charge >= 0.3 is 6.03 Å². The van der Waals surface area contributed by atoms with Crippen molar-refractivity contribution >= 4 is 6.03 Å². The summed E-state index contributed by atoms with van der Waals surface area (Å²) in [5.74, 6) is 0.977. The van der Waals surface area contributed by atoms with Crippen LogP contribution in [0.25, 0.3) is 0 Å². The van der Waals surface area contributed by atoms with Gasteiger partial charge in [-0.25, -0.2) is 9.78 Å². The first kappa shape index (κ1) is 15.3. The van der Waals surface area contributed by atoms with E-state index in [1.54, 1.807) is 6.20 Å². The molecule has 0 saturated carbocycles. The number of carbonyl (C=O) groups excluding carboxylic acids is 1. The van der Waals surface area contributed by atoms with Gasteiger partial charge in [0.15, 0.2) is 0 Å². The van der Waals surface area contributed by atoms with Crippen LogP contribution in [0.4, 0.5) is 4.79 Å². The molecule has 1 unspecified atom stereocenters. The normalized spacial score (nSPS) is 12.1. The highest BCUT2D eigenvalue weighted by atomic mass is 16.5. The number of aromatic nitrogens is 1. The van der Waals surface area contributed by atoms with E-state index in [0.29, 0.717) is 24.9 Å². The lowest BCUT2D eigenvalue weighted by Gasteiger charge is -2.18. The number of carbonyl (C=O) groups is 1. The number of rotatable bonds is 6. The minimum absolute atomic E-state index is 0.139. The summed E-state index contributed by atoms with van der Waals surface area (Å²) in [6, 6.07) is 3.69. The third kappa shape index (κ3) is 5.16. The van der Waals surface area contributed by atoms with E-state index >= 15 is 0 Å². The number of pyridine rings is 1. The van der Waals surface area contributed by atoms with Gasteiger partial charge in [0.2, 0.25) is 5.88 Å².